The topological polar surface area (TPSA) is 47.6 Å². The van der Waals surface area contributed by atoms with E-state index in [9.17, 15) is 4.79 Å². The van der Waals surface area contributed by atoms with Crippen molar-refractivity contribution in [2.75, 3.05) is 20.3 Å². The van der Waals surface area contributed by atoms with Crippen LogP contribution in [0.5, 0.6) is 5.75 Å². The van der Waals surface area contributed by atoms with Crippen molar-refractivity contribution in [3.05, 3.63) is 29.3 Å². The first-order valence-corrected chi connectivity index (χ1v) is 6.73. The van der Waals surface area contributed by atoms with Crippen molar-refractivity contribution in [2.24, 2.45) is 0 Å². The molecular formula is C15H21NO3. The maximum atomic E-state index is 11.8. The van der Waals surface area contributed by atoms with Crippen LogP contribution >= 0.6 is 0 Å². The number of benzene rings is 1. The molecule has 1 atom stereocenters. The smallest absolute Gasteiger partial charge is 0.249 e. The molecule has 0 aliphatic carbocycles. The molecule has 4 heteroatoms. The molecule has 1 aromatic rings. The van der Waals surface area contributed by atoms with Gasteiger partial charge >= 0.3 is 0 Å². The number of amides is 1. The molecule has 1 unspecified atom stereocenters. The van der Waals surface area contributed by atoms with E-state index >= 15 is 0 Å². The molecule has 0 radical (unpaired) electrons. The second-order valence-corrected chi connectivity index (χ2v) is 4.86. The van der Waals surface area contributed by atoms with Gasteiger partial charge in [0.05, 0.1) is 7.11 Å². The van der Waals surface area contributed by atoms with E-state index in [0.29, 0.717) is 13.2 Å². The van der Waals surface area contributed by atoms with Gasteiger partial charge in [-0.25, -0.2) is 0 Å². The largest absolute Gasteiger partial charge is 0.496 e. The molecule has 1 aromatic carbocycles. The first-order valence-electron chi connectivity index (χ1n) is 6.73. The molecule has 4 nitrogen and oxygen atoms in total. The van der Waals surface area contributed by atoms with Crippen molar-refractivity contribution >= 4 is 5.91 Å². The van der Waals surface area contributed by atoms with E-state index in [1.807, 2.05) is 19.1 Å². The molecule has 2 rings (SSSR count). The molecule has 0 aromatic heterocycles. The van der Waals surface area contributed by atoms with Gasteiger partial charge < -0.3 is 14.8 Å². The maximum Gasteiger partial charge on any atom is 0.249 e. The minimum Gasteiger partial charge on any atom is -0.496 e. The average Bonchev–Trinajstić information content (AvgIpc) is 2.93. The number of carbonyl (C=O) groups excluding carboxylic acids is 1. The number of hydrogen-bond acceptors (Lipinski definition) is 3. The first kappa shape index (κ1) is 13.9. The summed E-state index contributed by atoms with van der Waals surface area (Å²) in [5.41, 5.74) is 2.32. The molecule has 1 amide bonds. The molecule has 104 valence electrons. The highest BCUT2D eigenvalue weighted by Gasteiger charge is 2.22. The lowest BCUT2D eigenvalue weighted by atomic mass is 10.1. The van der Waals surface area contributed by atoms with Crippen LogP contribution in [-0.2, 0) is 16.0 Å². The van der Waals surface area contributed by atoms with Gasteiger partial charge in [0, 0.05) is 13.2 Å². The molecule has 1 aliphatic heterocycles. The Bertz CT molecular complexity index is 439. The second-order valence-electron chi connectivity index (χ2n) is 4.86. The Morgan fingerprint density at radius 1 is 1.53 bits per heavy atom. The number of ether oxygens (including phenoxy) is 2. The molecule has 1 N–H and O–H groups in total. The van der Waals surface area contributed by atoms with E-state index in [-0.39, 0.29) is 12.0 Å². The van der Waals surface area contributed by atoms with E-state index < -0.39 is 0 Å². The van der Waals surface area contributed by atoms with Crippen LogP contribution in [0.25, 0.3) is 0 Å². The average molecular weight is 263 g/mol. The Morgan fingerprint density at radius 3 is 3.05 bits per heavy atom. The zero-order valence-electron chi connectivity index (χ0n) is 11.6. The molecule has 1 fully saturated rings. The highest BCUT2D eigenvalue weighted by molar-refractivity contribution is 5.80. The number of aryl methyl sites for hydroxylation is 1. The Morgan fingerprint density at radius 2 is 2.37 bits per heavy atom. The van der Waals surface area contributed by atoms with E-state index in [1.54, 1.807) is 7.11 Å². The van der Waals surface area contributed by atoms with E-state index in [2.05, 4.69) is 11.4 Å². The SMILES string of the molecule is COc1ccc(C)cc1CCNC(=O)C1CCCO1. The summed E-state index contributed by atoms with van der Waals surface area (Å²) in [5, 5.41) is 2.92. The van der Waals surface area contributed by atoms with Crippen LogP contribution in [0.15, 0.2) is 18.2 Å². The summed E-state index contributed by atoms with van der Waals surface area (Å²) < 4.78 is 10.7. The van der Waals surface area contributed by atoms with Crippen molar-refractivity contribution in [3.63, 3.8) is 0 Å². The minimum absolute atomic E-state index is 0.00381. The van der Waals surface area contributed by atoms with Crippen LogP contribution in [0.3, 0.4) is 0 Å². The lowest BCUT2D eigenvalue weighted by Crippen LogP contribution is -2.35. The molecule has 0 bridgehead atoms. The molecule has 1 aliphatic rings. The van der Waals surface area contributed by atoms with Crippen LogP contribution in [0.4, 0.5) is 0 Å². The van der Waals surface area contributed by atoms with Crippen LogP contribution in [0.2, 0.25) is 0 Å². The summed E-state index contributed by atoms with van der Waals surface area (Å²) in [4.78, 5) is 11.8. The summed E-state index contributed by atoms with van der Waals surface area (Å²) >= 11 is 0. The monoisotopic (exact) mass is 263 g/mol. The van der Waals surface area contributed by atoms with E-state index in [0.717, 1.165) is 30.6 Å². The Balaban J connectivity index is 1.84. The number of carbonyl (C=O) groups is 1. The van der Waals surface area contributed by atoms with Gasteiger partial charge in [0.15, 0.2) is 0 Å². The standard InChI is InChI=1S/C15H21NO3/c1-11-5-6-13(18-2)12(10-11)7-8-16-15(17)14-4-3-9-19-14/h5-6,10,14H,3-4,7-9H2,1-2H3,(H,16,17). The minimum atomic E-state index is -0.251. The Labute approximate surface area is 114 Å². The zero-order chi connectivity index (χ0) is 13.7. The molecule has 1 saturated heterocycles. The quantitative estimate of drug-likeness (QED) is 0.882. The van der Waals surface area contributed by atoms with Crippen LogP contribution < -0.4 is 10.1 Å². The summed E-state index contributed by atoms with van der Waals surface area (Å²) in [6.45, 7) is 3.36. The number of rotatable bonds is 5. The van der Waals surface area contributed by atoms with Crippen molar-refractivity contribution in [1.82, 2.24) is 5.32 Å². The normalized spacial score (nSPS) is 18.3. The van der Waals surface area contributed by atoms with Gasteiger partial charge in [0.1, 0.15) is 11.9 Å². The van der Waals surface area contributed by atoms with Crippen molar-refractivity contribution in [3.8, 4) is 5.75 Å². The van der Waals surface area contributed by atoms with Gasteiger partial charge in [0.25, 0.3) is 0 Å². The zero-order valence-corrected chi connectivity index (χ0v) is 11.6. The third-order valence-electron chi connectivity index (χ3n) is 3.35. The maximum absolute atomic E-state index is 11.8. The van der Waals surface area contributed by atoms with Gasteiger partial charge in [-0.05, 0) is 37.8 Å². The Kier molecular flexibility index (Phi) is 4.80. The van der Waals surface area contributed by atoms with E-state index in [4.69, 9.17) is 9.47 Å². The molecule has 1 heterocycles. The highest BCUT2D eigenvalue weighted by atomic mass is 16.5. The Hall–Kier alpha value is -1.55. The van der Waals surface area contributed by atoms with Gasteiger partial charge in [-0.2, -0.15) is 0 Å². The van der Waals surface area contributed by atoms with Gasteiger partial charge in [-0.1, -0.05) is 17.7 Å². The lowest BCUT2D eigenvalue weighted by Gasteiger charge is -2.12. The number of nitrogens with one attached hydrogen (secondary N) is 1. The van der Waals surface area contributed by atoms with E-state index in [1.165, 1.54) is 5.56 Å². The molecule has 0 saturated carbocycles. The number of hydrogen-bond donors (Lipinski definition) is 1. The second kappa shape index (κ2) is 6.57. The summed E-state index contributed by atoms with van der Waals surface area (Å²) in [6, 6.07) is 6.08. The van der Waals surface area contributed by atoms with Gasteiger partial charge in [-0.3, -0.25) is 4.79 Å². The lowest BCUT2D eigenvalue weighted by molar-refractivity contribution is -0.129. The third-order valence-corrected chi connectivity index (χ3v) is 3.35. The predicted molar refractivity (Wildman–Crippen MR) is 73.4 cm³/mol. The summed E-state index contributed by atoms with van der Waals surface area (Å²) in [5.74, 6) is 0.876. The van der Waals surface area contributed by atoms with Crippen LogP contribution in [0.1, 0.15) is 24.0 Å². The summed E-state index contributed by atoms with van der Waals surface area (Å²) in [6.07, 6.45) is 2.33. The van der Waals surface area contributed by atoms with Gasteiger partial charge in [0.2, 0.25) is 5.91 Å². The highest BCUT2D eigenvalue weighted by Crippen LogP contribution is 2.19. The summed E-state index contributed by atoms with van der Waals surface area (Å²) in [7, 11) is 1.67. The third kappa shape index (κ3) is 3.70. The van der Waals surface area contributed by atoms with Crippen molar-refractivity contribution in [1.29, 1.82) is 0 Å². The molecule has 19 heavy (non-hydrogen) atoms. The molecular weight excluding hydrogens is 242 g/mol. The molecule has 0 spiro atoms. The van der Waals surface area contributed by atoms with Crippen molar-refractivity contribution < 1.29 is 14.3 Å². The predicted octanol–water partition coefficient (Wildman–Crippen LogP) is 1.84. The fourth-order valence-corrected chi connectivity index (χ4v) is 2.32. The fourth-order valence-electron chi connectivity index (χ4n) is 2.32. The van der Waals surface area contributed by atoms with Crippen LogP contribution in [-0.4, -0.2) is 32.3 Å². The number of methoxy groups -OCH3 is 1. The van der Waals surface area contributed by atoms with Gasteiger partial charge in [-0.15, -0.1) is 0 Å². The van der Waals surface area contributed by atoms with Crippen LogP contribution in [0, 0.1) is 6.92 Å². The first-order chi connectivity index (χ1) is 9.20. The fraction of sp³-hybridized carbons (Fsp3) is 0.533. The van der Waals surface area contributed by atoms with Crippen molar-refractivity contribution in [2.45, 2.75) is 32.3 Å².